The van der Waals surface area contributed by atoms with Gasteiger partial charge in [-0.25, -0.2) is 15.0 Å². The molecule has 3 aromatic heterocycles. The fourth-order valence-corrected chi connectivity index (χ4v) is 3.78. The molecule has 0 saturated heterocycles. The van der Waals surface area contributed by atoms with Gasteiger partial charge in [0.05, 0.1) is 16.6 Å². The minimum Gasteiger partial charge on any atom is -0.384 e. The van der Waals surface area contributed by atoms with Crippen molar-refractivity contribution in [3.05, 3.63) is 82.4 Å². The van der Waals surface area contributed by atoms with Crippen molar-refractivity contribution in [2.24, 2.45) is 0 Å². The Morgan fingerprint density at radius 2 is 1.76 bits per heavy atom. The average molecular weight is 511 g/mol. The number of hydrogen-bond acceptors (Lipinski definition) is 10. The molecule has 3 heterocycles. The maximum absolute atomic E-state index is 13.2. The lowest BCUT2D eigenvalue weighted by atomic mass is 10.1. The molecule has 0 unspecified atom stereocenters. The molecule has 0 bridgehead atoms. The van der Waals surface area contributed by atoms with Crippen molar-refractivity contribution in [3.63, 3.8) is 0 Å². The highest BCUT2D eigenvalue weighted by Crippen LogP contribution is 2.26. The number of nitrogens with zero attached hydrogens (tertiary/aromatic N) is 6. The number of nitrogen functional groups attached to an aromatic ring is 2. The summed E-state index contributed by atoms with van der Waals surface area (Å²) in [5.41, 5.74) is 13.5. The summed E-state index contributed by atoms with van der Waals surface area (Å²) < 4.78 is 6.57. The first kappa shape index (κ1) is 26.0. The molecule has 11 nitrogen and oxygen atoms in total. The normalized spacial score (nSPS) is 10.4. The number of rotatable bonds is 4. The molecule has 5 aromatic rings. The van der Waals surface area contributed by atoms with Crippen molar-refractivity contribution in [2.45, 2.75) is 26.7 Å². The second kappa shape index (κ2) is 11.8. The summed E-state index contributed by atoms with van der Waals surface area (Å²) in [4.78, 5) is 29.5. The number of hydrogen-bond donors (Lipinski definition) is 3. The van der Waals surface area contributed by atoms with Crippen molar-refractivity contribution in [3.8, 4) is 29.0 Å². The van der Waals surface area contributed by atoms with Gasteiger partial charge < -0.3 is 21.1 Å². The van der Waals surface area contributed by atoms with E-state index in [0.29, 0.717) is 34.3 Å². The topological polar surface area (TPSA) is 172 Å². The van der Waals surface area contributed by atoms with Crippen molar-refractivity contribution in [1.29, 1.82) is 0 Å². The Labute approximate surface area is 218 Å². The number of aryl methyl sites for hydroxylation is 2. The Morgan fingerprint density at radius 3 is 2.39 bits per heavy atom. The van der Waals surface area contributed by atoms with Crippen LogP contribution in [0.4, 0.5) is 11.6 Å². The highest BCUT2D eigenvalue weighted by Gasteiger charge is 2.16. The van der Waals surface area contributed by atoms with Crippen molar-refractivity contribution in [2.75, 3.05) is 18.1 Å². The van der Waals surface area contributed by atoms with E-state index in [1.807, 2.05) is 42.5 Å². The number of anilines is 2. The average Bonchev–Trinajstić information content (AvgIpc) is 3.34. The fourth-order valence-electron chi connectivity index (χ4n) is 3.78. The van der Waals surface area contributed by atoms with E-state index in [-0.39, 0.29) is 29.7 Å². The van der Waals surface area contributed by atoms with Crippen molar-refractivity contribution >= 4 is 22.5 Å². The third-order valence-electron chi connectivity index (χ3n) is 5.40. The first-order valence-electron chi connectivity index (χ1n) is 11.8. The maximum Gasteiger partial charge on any atom is 0.267 e. The van der Waals surface area contributed by atoms with E-state index in [9.17, 15) is 4.79 Å². The van der Waals surface area contributed by atoms with Gasteiger partial charge in [-0.3, -0.25) is 9.36 Å². The summed E-state index contributed by atoms with van der Waals surface area (Å²) in [5, 5.41) is 13.1. The Morgan fingerprint density at radius 1 is 1.03 bits per heavy atom. The molecule has 5 N–H and O–H groups in total. The Bertz CT molecular complexity index is 1660. The molecule has 0 aliphatic carbocycles. The number of fused-ring (bicyclic) bond motifs is 1. The summed E-state index contributed by atoms with van der Waals surface area (Å²) in [6, 6.07) is 15.0. The summed E-state index contributed by atoms with van der Waals surface area (Å²) >= 11 is 0. The van der Waals surface area contributed by atoms with Gasteiger partial charge in [0.25, 0.3) is 11.4 Å². The van der Waals surface area contributed by atoms with E-state index in [2.05, 4.69) is 38.9 Å². The first-order valence-corrected chi connectivity index (χ1v) is 11.8. The predicted octanol–water partition coefficient (Wildman–Crippen LogP) is 2.68. The van der Waals surface area contributed by atoms with Crippen LogP contribution in [0.25, 0.3) is 28.0 Å². The molecule has 0 saturated carbocycles. The number of para-hydroxylation sites is 1. The van der Waals surface area contributed by atoms with E-state index >= 15 is 0 Å². The Balaban J connectivity index is 0.000000204. The van der Waals surface area contributed by atoms with Gasteiger partial charge in [0.2, 0.25) is 0 Å². The van der Waals surface area contributed by atoms with Crippen LogP contribution in [0.1, 0.15) is 30.6 Å². The SMILES string of the molecule is CCCc1nc2cccc(C#CCO)c2c(=O)n1-c1ccccc1.Cc1noc(-c2c(N)ncnc2N)n1. The third-order valence-corrected chi connectivity index (χ3v) is 5.40. The lowest BCUT2D eigenvalue weighted by Crippen LogP contribution is -2.24. The smallest absolute Gasteiger partial charge is 0.267 e. The lowest BCUT2D eigenvalue weighted by molar-refractivity contribution is 0.350. The quantitative estimate of drug-likeness (QED) is 0.305. The number of aliphatic hydroxyl groups is 1. The molecule has 0 fully saturated rings. The molecule has 0 atom stereocenters. The molecule has 38 heavy (non-hydrogen) atoms. The van der Waals surface area contributed by atoms with Gasteiger partial charge in [0.1, 0.15) is 36.0 Å². The molecule has 0 amide bonds. The van der Waals surface area contributed by atoms with E-state index < -0.39 is 0 Å². The predicted molar refractivity (Wildman–Crippen MR) is 144 cm³/mol. The van der Waals surface area contributed by atoms with E-state index in [1.54, 1.807) is 17.6 Å². The van der Waals surface area contributed by atoms with Gasteiger partial charge >= 0.3 is 0 Å². The van der Waals surface area contributed by atoms with Crippen LogP contribution >= 0.6 is 0 Å². The van der Waals surface area contributed by atoms with Gasteiger partial charge in [0, 0.05) is 12.0 Å². The van der Waals surface area contributed by atoms with E-state index in [0.717, 1.165) is 17.9 Å². The molecule has 0 aliphatic heterocycles. The summed E-state index contributed by atoms with van der Waals surface area (Å²) in [6.45, 7) is 3.52. The Kier molecular flexibility index (Phi) is 8.05. The molecular weight excluding hydrogens is 484 g/mol. The molecule has 2 aromatic carbocycles. The molecular formula is C27H26N8O3. The molecule has 11 heteroatoms. The highest BCUT2D eigenvalue weighted by atomic mass is 16.5. The molecule has 0 aliphatic rings. The van der Waals surface area contributed by atoms with Crippen LogP contribution in [0.5, 0.6) is 0 Å². The van der Waals surface area contributed by atoms with Crippen molar-refractivity contribution in [1.82, 2.24) is 29.7 Å². The summed E-state index contributed by atoms with van der Waals surface area (Å²) in [7, 11) is 0. The zero-order chi connectivity index (χ0) is 27.1. The van der Waals surface area contributed by atoms with E-state index in [1.165, 1.54) is 6.33 Å². The van der Waals surface area contributed by atoms with Gasteiger partial charge in [-0.2, -0.15) is 4.98 Å². The standard InChI is InChI=1S/C20H18N2O2.C7H8N6O/c1-2-8-18-21-17-13-6-9-15(10-7-14-23)19(17)20(24)22(18)16-11-4-3-5-12-16;1-3-12-7(14-13-3)4-5(8)10-2-11-6(4)9/h3-6,9,11-13,23H,2,8,14H2,1H3;2H,1H3,(H4,8,9,10,11). The van der Waals surface area contributed by atoms with Crippen molar-refractivity contribution < 1.29 is 9.63 Å². The van der Waals surface area contributed by atoms with Crippen LogP contribution in [-0.4, -0.2) is 41.4 Å². The van der Waals surface area contributed by atoms with Gasteiger partial charge in [-0.05, 0) is 37.6 Å². The van der Waals surface area contributed by atoms with Gasteiger partial charge in [0.15, 0.2) is 5.82 Å². The summed E-state index contributed by atoms with van der Waals surface area (Å²) in [6.07, 6.45) is 2.89. The largest absolute Gasteiger partial charge is 0.384 e. The zero-order valence-corrected chi connectivity index (χ0v) is 20.9. The molecule has 5 rings (SSSR count). The second-order valence-electron chi connectivity index (χ2n) is 8.08. The Hall–Kier alpha value is -5.08. The van der Waals surface area contributed by atoms with Crippen LogP contribution in [0.2, 0.25) is 0 Å². The fraction of sp³-hybridized carbons (Fsp3) is 0.185. The number of benzene rings is 2. The number of nitrogens with two attached hydrogens (primary N) is 2. The maximum atomic E-state index is 13.2. The third kappa shape index (κ3) is 5.50. The van der Waals surface area contributed by atoms with Crippen LogP contribution in [-0.2, 0) is 6.42 Å². The first-order chi connectivity index (χ1) is 18.4. The minimum absolute atomic E-state index is 0.127. The second-order valence-corrected chi connectivity index (χ2v) is 8.08. The van der Waals surface area contributed by atoms with E-state index in [4.69, 9.17) is 26.1 Å². The monoisotopic (exact) mass is 510 g/mol. The highest BCUT2D eigenvalue weighted by molar-refractivity contribution is 5.84. The minimum atomic E-state index is -0.245. The number of aromatic nitrogens is 6. The lowest BCUT2D eigenvalue weighted by Gasteiger charge is -2.13. The van der Waals surface area contributed by atoms with Crippen LogP contribution in [0.15, 0.2) is 64.2 Å². The van der Waals surface area contributed by atoms with Crippen LogP contribution in [0, 0.1) is 18.8 Å². The summed E-state index contributed by atoms with van der Waals surface area (Å²) in [5.74, 6) is 7.39. The van der Waals surface area contributed by atoms with Gasteiger partial charge in [-0.15, -0.1) is 0 Å². The van der Waals surface area contributed by atoms with Gasteiger partial charge in [-0.1, -0.05) is 48.2 Å². The van der Waals surface area contributed by atoms with Crippen LogP contribution < -0.4 is 17.0 Å². The molecule has 0 radical (unpaired) electrons. The molecule has 0 spiro atoms. The molecule has 192 valence electrons. The zero-order valence-electron chi connectivity index (χ0n) is 20.9. The van der Waals surface area contributed by atoms with Crippen LogP contribution in [0.3, 0.4) is 0 Å². The number of aliphatic hydroxyl groups excluding tert-OH is 1.